The molecule has 0 unspecified atom stereocenters. The number of hydrogen-bond acceptors (Lipinski definition) is 6. The van der Waals surface area contributed by atoms with Crippen LogP contribution >= 0.6 is 11.8 Å². The minimum Gasteiger partial charge on any atom is -0.444 e. The molecule has 2 aromatic heterocycles. The van der Waals surface area contributed by atoms with Crippen LogP contribution < -0.4 is 0 Å². The Morgan fingerprint density at radius 3 is 2.80 bits per heavy atom. The van der Waals surface area contributed by atoms with Crippen LogP contribution in [0.25, 0.3) is 17.1 Å². The molecule has 0 fully saturated rings. The zero-order chi connectivity index (χ0) is 17.1. The predicted molar refractivity (Wildman–Crippen MR) is 90.6 cm³/mol. The molecule has 0 aliphatic heterocycles. The maximum atomic E-state index is 13.4. The lowest BCUT2D eigenvalue weighted by atomic mass is 10.2. The van der Waals surface area contributed by atoms with Gasteiger partial charge in [0, 0.05) is 11.3 Å². The van der Waals surface area contributed by atoms with Crippen LogP contribution in [0.15, 0.2) is 70.4 Å². The second kappa shape index (κ2) is 6.86. The second-order valence-electron chi connectivity index (χ2n) is 5.15. The van der Waals surface area contributed by atoms with Gasteiger partial charge >= 0.3 is 0 Å². The largest absolute Gasteiger partial charge is 0.444 e. The van der Waals surface area contributed by atoms with Crippen molar-refractivity contribution in [3.8, 4) is 17.1 Å². The van der Waals surface area contributed by atoms with Crippen LogP contribution in [0.5, 0.6) is 0 Å². The molecule has 2 aromatic carbocycles. The molecule has 0 saturated heterocycles. The fourth-order valence-corrected chi connectivity index (χ4v) is 3.03. The van der Waals surface area contributed by atoms with Gasteiger partial charge in [-0.3, -0.25) is 0 Å². The van der Waals surface area contributed by atoms with Crippen LogP contribution in [0.4, 0.5) is 4.39 Å². The lowest BCUT2D eigenvalue weighted by molar-refractivity contribution is 0.573. The number of hydrogen-bond donors (Lipinski definition) is 0. The highest BCUT2D eigenvalue weighted by Crippen LogP contribution is 2.24. The van der Waals surface area contributed by atoms with E-state index in [2.05, 4.69) is 20.5 Å². The number of rotatable bonds is 5. The van der Waals surface area contributed by atoms with Gasteiger partial charge in [-0.05, 0) is 40.8 Å². The Bertz CT molecular complexity index is 985. The average molecular weight is 353 g/mol. The molecule has 4 aromatic rings. The van der Waals surface area contributed by atoms with Gasteiger partial charge in [0.15, 0.2) is 0 Å². The van der Waals surface area contributed by atoms with Crippen LogP contribution in [0.2, 0.25) is 0 Å². The third-order valence-electron chi connectivity index (χ3n) is 3.42. The Hall–Kier alpha value is -3.00. The van der Waals surface area contributed by atoms with E-state index in [1.54, 1.807) is 18.4 Å². The molecule has 0 atom stereocenters. The molecule has 0 N–H and O–H groups in total. The highest BCUT2D eigenvalue weighted by Gasteiger charge is 2.12. The molecule has 0 spiro atoms. The molecule has 0 radical (unpaired) electrons. The van der Waals surface area contributed by atoms with Gasteiger partial charge in [-0.15, -0.1) is 5.10 Å². The van der Waals surface area contributed by atoms with Gasteiger partial charge < -0.3 is 4.42 Å². The predicted octanol–water partition coefficient (Wildman–Crippen LogP) is 3.75. The first-order chi connectivity index (χ1) is 12.3. The molecule has 25 heavy (non-hydrogen) atoms. The van der Waals surface area contributed by atoms with Crippen LogP contribution in [-0.4, -0.2) is 25.2 Å². The van der Waals surface area contributed by atoms with Gasteiger partial charge in [0.1, 0.15) is 12.1 Å². The number of tetrazole rings is 1. The quantitative estimate of drug-likeness (QED) is 0.509. The summed E-state index contributed by atoms with van der Waals surface area (Å²) in [6.45, 7) is 0. The maximum absolute atomic E-state index is 13.4. The number of aromatic nitrogens is 5. The average Bonchev–Trinajstić information content (AvgIpc) is 3.30. The number of benzene rings is 2. The Labute approximate surface area is 146 Å². The summed E-state index contributed by atoms with van der Waals surface area (Å²) >= 11 is 1.40. The van der Waals surface area contributed by atoms with E-state index in [1.807, 2.05) is 30.3 Å². The Balaban J connectivity index is 1.50. The number of oxazole rings is 1. The summed E-state index contributed by atoms with van der Waals surface area (Å²) < 4.78 is 20.4. The topological polar surface area (TPSA) is 69.6 Å². The van der Waals surface area contributed by atoms with Crippen molar-refractivity contribution >= 4 is 11.8 Å². The van der Waals surface area contributed by atoms with Crippen LogP contribution in [0, 0.1) is 5.82 Å². The van der Waals surface area contributed by atoms with Crippen LogP contribution in [0.3, 0.4) is 0 Å². The van der Waals surface area contributed by atoms with Gasteiger partial charge in [-0.1, -0.05) is 36.0 Å². The smallest absolute Gasteiger partial charge is 0.226 e. The monoisotopic (exact) mass is 353 g/mol. The summed E-state index contributed by atoms with van der Waals surface area (Å²) in [4.78, 5) is 4.47. The molecule has 2 heterocycles. The van der Waals surface area contributed by atoms with E-state index >= 15 is 0 Å². The van der Waals surface area contributed by atoms with Crippen LogP contribution in [-0.2, 0) is 5.75 Å². The normalized spacial score (nSPS) is 10.9. The molecule has 0 bridgehead atoms. The fraction of sp³-hybridized carbons (Fsp3) is 0.0588. The molecule has 0 saturated carbocycles. The highest BCUT2D eigenvalue weighted by molar-refractivity contribution is 7.98. The third kappa shape index (κ3) is 3.43. The molecule has 4 rings (SSSR count). The zero-order valence-corrected chi connectivity index (χ0v) is 13.7. The molecule has 0 aliphatic rings. The summed E-state index contributed by atoms with van der Waals surface area (Å²) in [5, 5.41) is 12.1. The second-order valence-corrected chi connectivity index (χ2v) is 6.09. The van der Waals surface area contributed by atoms with Gasteiger partial charge in [0.05, 0.1) is 11.4 Å². The van der Waals surface area contributed by atoms with Gasteiger partial charge in [-0.25, -0.2) is 9.37 Å². The first-order valence-electron chi connectivity index (χ1n) is 7.46. The number of halogens is 1. The summed E-state index contributed by atoms with van der Waals surface area (Å²) in [7, 11) is 0. The van der Waals surface area contributed by atoms with E-state index < -0.39 is 0 Å². The van der Waals surface area contributed by atoms with Gasteiger partial charge in [-0.2, -0.15) is 4.68 Å². The van der Waals surface area contributed by atoms with Crippen molar-refractivity contribution in [1.29, 1.82) is 0 Å². The molecule has 8 heteroatoms. The fourth-order valence-electron chi connectivity index (χ4n) is 2.26. The van der Waals surface area contributed by atoms with E-state index in [9.17, 15) is 4.39 Å². The Morgan fingerprint density at radius 1 is 1.08 bits per heavy atom. The van der Waals surface area contributed by atoms with Crippen LogP contribution in [0.1, 0.15) is 5.69 Å². The molecule has 0 aliphatic carbocycles. The number of nitrogens with zero attached hydrogens (tertiary/aromatic N) is 5. The van der Waals surface area contributed by atoms with Crippen molar-refractivity contribution in [2.45, 2.75) is 10.9 Å². The minimum atomic E-state index is -0.340. The van der Waals surface area contributed by atoms with Crippen molar-refractivity contribution in [3.63, 3.8) is 0 Å². The van der Waals surface area contributed by atoms with Crippen molar-refractivity contribution in [1.82, 2.24) is 25.2 Å². The molecular weight excluding hydrogens is 341 g/mol. The van der Waals surface area contributed by atoms with E-state index in [1.165, 1.54) is 28.6 Å². The lowest BCUT2D eigenvalue weighted by Crippen LogP contribution is -1.99. The zero-order valence-electron chi connectivity index (χ0n) is 12.9. The molecule has 6 nitrogen and oxygen atoms in total. The van der Waals surface area contributed by atoms with E-state index in [0.29, 0.717) is 22.5 Å². The van der Waals surface area contributed by atoms with E-state index in [0.717, 1.165) is 11.3 Å². The summed E-state index contributed by atoms with van der Waals surface area (Å²) in [5.74, 6) is 0.764. The molecular formula is C17H12FN5OS. The first kappa shape index (κ1) is 15.5. The highest BCUT2D eigenvalue weighted by atomic mass is 32.2. The Kier molecular flexibility index (Phi) is 4.26. The van der Waals surface area contributed by atoms with E-state index in [-0.39, 0.29) is 5.82 Å². The Morgan fingerprint density at radius 2 is 1.96 bits per heavy atom. The third-order valence-corrected chi connectivity index (χ3v) is 4.37. The lowest BCUT2D eigenvalue weighted by Gasteiger charge is -2.03. The van der Waals surface area contributed by atoms with E-state index in [4.69, 9.17) is 4.42 Å². The summed E-state index contributed by atoms with van der Waals surface area (Å²) in [5.41, 5.74) is 2.26. The summed E-state index contributed by atoms with van der Waals surface area (Å²) in [6, 6.07) is 15.8. The molecule has 0 amide bonds. The standard InChI is InChI=1S/C17H12FN5OS/c18-13-7-4-8-15(9-13)23-17(20-21-22-23)25-11-14-10-24-16(19-14)12-5-2-1-3-6-12/h1-10H,11H2. The maximum Gasteiger partial charge on any atom is 0.226 e. The van der Waals surface area contributed by atoms with Gasteiger partial charge in [0.2, 0.25) is 11.0 Å². The van der Waals surface area contributed by atoms with Gasteiger partial charge in [0.25, 0.3) is 0 Å². The molecule has 124 valence electrons. The number of thioether (sulfide) groups is 1. The van der Waals surface area contributed by atoms with Crippen molar-refractivity contribution in [2.24, 2.45) is 0 Å². The van der Waals surface area contributed by atoms with Crippen molar-refractivity contribution < 1.29 is 8.81 Å². The van der Waals surface area contributed by atoms with Crippen molar-refractivity contribution in [2.75, 3.05) is 0 Å². The first-order valence-corrected chi connectivity index (χ1v) is 8.45. The van der Waals surface area contributed by atoms with Crippen molar-refractivity contribution in [3.05, 3.63) is 72.4 Å². The SMILES string of the molecule is Fc1cccc(-n2nnnc2SCc2coc(-c3ccccc3)n2)c1. The summed E-state index contributed by atoms with van der Waals surface area (Å²) in [6.07, 6.45) is 1.62. The minimum absolute atomic E-state index is 0.340.